The van der Waals surface area contributed by atoms with Gasteiger partial charge in [-0.2, -0.15) is 0 Å². The van der Waals surface area contributed by atoms with Crippen molar-refractivity contribution in [3.05, 3.63) is 59.0 Å². The number of hydrogen-bond donors (Lipinski definition) is 3. The van der Waals surface area contributed by atoms with Crippen molar-refractivity contribution in [2.24, 2.45) is 7.05 Å². The maximum Gasteiger partial charge on any atom is 0.413 e. The Labute approximate surface area is 238 Å². The summed E-state index contributed by atoms with van der Waals surface area (Å²) in [6.07, 6.45) is 0.786. The number of fused-ring (bicyclic) bond motifs is 3. The average molecular weight is 583 g/mol. The van der Waals surface area contributed by atoms with Crippen LogP contribution in [0.1, 0.15) is 53.4 Å². The fourth-order valence-electron chi connectivity index (χ4n) is 4.61. The number of carbonyl (C=O) groups excluding carboxylic acids is 3. The SMILES string of the molecule is Cn1cc(NC(=O)OC(C)(C)C)nc1C(=O)Nc1nc(C(=O)N2C[C@@H](CCl)c3c2cc(O)c2ccccc32)cs1. The maximum absolute atomic E-state index is 13.5. The molecule has 1 aliphatic heterocycles. The topological polar surface area (TPSA) is 139 Å². The second-order valence-electron chi connectivity index (χ2n) is 10.3. The predicted octanol–water partition coefficient (Wildman–Crippen LogP) is 5.32. The lowest BCUT2D eigenvalue weighted by Gasteiger charge is -2.18. The second-order valence-corrected chi connectivity index (χ2v) is 11.5. The van der Waals surface area contributed by atoms with E-state index in [0.717, 1.165) is 22.3 Å². The molecule has 13 heteroatoms. The van der Waals surface area contributed by atoms with Gasteiger partial charge in [0.2, 0.25) is 5.82 Å². The van der Waals surface area contributed by atoms with Gasteiger partial charge >= 0.3 is 6.09 Å². The number of ether oxygens (including phenoxy) is 1. The lowest BCUT2D eigenvalue weighted by atomic mass is 9.95. The third kappa shape index (κ3) is 5.32. The molecule has 0 saturated carbocycles. The molecule has 0 radical (unpaired) electrons. The van der Waals surface area contributed by atoms with Crippen molar-refractivity contribution >= 4 is 68.3 Å². The summed E-state index contributed by atoms with van der Waals surface area (Å²) in [5.41, 5.74) is 0.950. The number of imidazole rings is 1. The van der Waals surface area contributed by atoms with E-state index < -0.39 is 17.6 Å². The molecule has 2 aromatic carbocycles. The number of thiazole rings is 1. The van der Waals surface area contributed by atoms with Crippen molar-refractivity contribution in [1.82, 2.24) is 14.5 Å². The van der Waals surface area contributed by atoms with Crippen molar-refractivity contribution in [3.63, 3.8) is 0 Å². The number of halogens is 1. The Balaban J connectivity index is 1.32. The van der Waals surface area contributed by atoms with Gasteiger partial charge in [0.25, 0.3) is 11.8 Å². The van der Waals surface area contributed by atoms with Gasteiger partial charge in [0.1, 0.15) is 17.0 Å². The van der Waals surface area contributed by atoms with Crippen molar-refractivity contribution < 1.29 is 24.2 Å². The van der Waals surface area contributed by atoms with E-state index >= 15 is 0 Å². The molecule has 1 atom stereocenters. The van der Waals surface area contributed by atoms with Crippen molar-refractivity contribution in [1.29, 1.82) is 0 Å². The molecule has 2 aromatic heterocycles. The third-order valence-corrected chi connectivity index (χ3v) is 7.36. The first kappa shape index (κ1) is 27.4. The number of aromatic hydroxyl groups is 1. The zero-order valence-electron chi connectivity index (χ0n) is 22.2. The highest BCUT2D eigenvalue weighted by Crippen LogP contribution is 2.45. The summed E-state index contributed by atoms with van der Waals surface area (Å²) >= 11 is 7.37. The Bertz CT molecular complexity index is 1640. The van der Waals surface area contributed by atoms with Crippen LogP contribution in [0.5, 0.6) is 5.75 Å². The Morgan fingerprint density at radius 1 is 1.18 bits per heavy atom. The van der Waals surface area contributed by atoms with Crippen molar-refractivity contribution in [2.75, 3.05) is 28.0 Å². The highest BCUT2D eigenvalue weighted by atomic mass is 35.5. The number of amides is 3. The van der Waals surface area contributed by atoms with Crippen LogP contribution >= 0.6 is 22.9 Å². The molecular formula is C27H27ClN6O5S. The lowest BCUT2D eigenvalue weighted by molar-refractivity contribution is 0.0634. The number of carbonyl (C=O) groups is 3. The highest BCUT2D eigenvalue weighted by Gasteiger charge is 2.35. The summed E-state index contributed by atoms with van der Waals surface area (Å²) in [5.74, 6) is -0.512. The first-order chi connectivity index (χ1) is 18.9. The number of rotatable bonds is 5. The Kier molecular flexibility index (Phi) is 7.15. The van der Waals surface area contributed by atoms with Gasteiger partial charge in [0.05, 0.1) is 5.69 Å². The summed E-state index contributed by atoms with van der Waals surface area (Å²) in [7, 11) is 1.61. The minimum atomic E-state index is -0.693. The number of nitrogens with zero attached hydrogens (tertiary/aromatic N) is 4. The predicted molar refractivity (Wildman–Crippen MR) is 154 cm³/mol. The molecule has 0 unspecified atom stereocenters. The van der Waals surface area contributed by atoms with E-state index in [1.807, 2.05) is 24.3 Å². The van der Waals surface area contributed by atoms with Crippen LogP contribution in [0, 0.1) is 0 Å². The lowest BCUT2D eigenvalue weighted by Crippen LogP contribution is -2.30. The van der Waals surface area contributed by atoms with Crippen molar-refractivity contribution in [3.8, 4) is 5.75 Å². The molecule has 0 bridgehead atoms. The van der Waals surface area contributed by atoms with E-state index in [2.05, 4.69) is 20.6 Å². The van der Waals surface area contributed by atoms with Gasteiger partial charge in [-0.15, -0.1) is 22.9 Å². The summed E-state index contributed by atoms with van der Waals surface area (Å²) in [6, 6.07) is 9.04. The molecular weight excluding hydrogens is 556 g/mol. The number of hydrogen-bond acceptors (Lipinski definition) is 8. The van der Waals surface area contributed by atoms with Crippen LogP contribution in [0.25, 0.3) is 10.8 Å². The molecule has 0 saturated heterocycles. The van der Waals surface area contributed by atoms with Crippen LogP contribution in [0.15, 0.2) is 41.9 Å². The molecule has 11 nitrogen and oxygen atoms in total. The van der Waals surface area contributed by atoms with Crippen LogP contribution in [0.4, 0.5) is 21.4 Å². The van der Waals surface area contributed by atoms with Crippen LogP contribution < -0.4 is 15.5 Å². The van der Waals surface area contributed by atoms with E-state index in [0.29, 0.717) is 23.5 Å². The largest absolute Gasteiger partial charge is 0.507 e. The standard InChI is InChI=1S/C27H27ClN6O5S/c1-27(2,3)39-26(38)31-20-12-33(4)22(30-20)23(36)32-25-29-17(13-40-25)24(37)34-11-14(10-28)21-16-8-6-5-7-15(16)19(35)9-18(21)34/h5-9,12-14,35H,10-11H2,1-4H3,(H,31,38)(H,29,32,36)/t14-/m1/s1. The van der Waals surface area contributed by atoms with Crippen LogP contribution in [-0.4, -0.2) is 55.6 Å². The fraction of sp³-hybridized carbons (Fsp3) is 0.296. The van der Waals surface area contributed by atoms with E-state index in [1.165, 1.54) is 10.8 Å². The number of alkyl halides is 1. The zero-order chi connectivity index (χ0) is 28.8. The van der Waals surface area contributed by atoms with E-state index in [1.54, 1.807) is 44.2 Å². The number of aromatic nitrogens is 3. The summed E-state index contributed by atoms with van der Waals surface area (Å²) in [5, 5.41) is 19.1. The van der Waals surface area contributed by atoms with Gasteiger partial charge in [0, 0.05) is 48.4 Å². The van der Waals surface area contributed by atoms with E-state index in [-0.39, 0.29) is 40.0 Å². The van der Waals surface area contributed by atoms with E-state index in [9.17, 15) is 19.5 Å². The molecule has 4 aromatic rings. The molecule has 0 fully saturated rings. The molecule has 3 amide bonds. The third-order valence-electron chi connectivity index (χ3n) is 6.23. The first-order valence-electron chi connectivity index (χ1n) is 12.4. The molecule has 0 aliphatic carbocycles. The number of aryl methyl sites for hydroxylation is 1. The van der Waals surface area contributed by atoms with Gasteiger partial charge in [0.15, 0.2) is 10.9 Å². The van der Waals surface area contributed by atoms with Gasteiger partial charge in [-0.3, -0.25) is 20.2 Å². The van der Waals surface area contributed by atoms with Crippen LogP contribution in [0.2, 0.25) is 0 Å². The van der Waals surface area contributed by atoms with Gasteiger partial charge in [-0.25, -0.2) is 14.8 Å². The molecule has 1 aliphatic rings. The monoisotopic (exact) mass is 582 g/mol. The van der Waals surface area contributed by atoms with Crippen LogP contribution in [0.3, 0.4) is 0 Å². The Morgan fingerprint density at radius 2 is 1.90 bits per heavy atom. The number of nitrogens with one attached hydrogen (secondary N) is 2. The second kappa shape index (κ2) is 10.4. The average Bonchev–Trinajstić information content (AvgIpc) is 3.59. The van der Waals surface area contributed by atoms with Gasteiger partial charge < -0.3 is 19.3 Å². The van der Waals surface area contributed by atoms with Crippen LogP contribution in [-0.2, 0) is 11.8 Å². The fourth-order valence-corrected chi connectivity index (χ4v) is 5.54. The smallest absolute Gasteiger partial charge is 0.413 e. The molecule has 208 valence electrons. The first-order valence-corrected chi connectivity index (χ1v) is 13.8. The molecule has 3 heterocycles. The summed E-state index contributed by atoms with van der Waals surface area (Å²) in [6.45, 7) is 5.55. The summed E-state index contributed by atoms with van der Waals surface area (Å²) < 4.78 is 6.66. The molecule has 3 N–H and O–H groups in total. The minimum absolute atomic E-state index is 0.0231. The Morgan fingerprint density at radius 3 is 2.60 bits per heavy atom. The maximum atomic E-state index is 13.5. The van der Waals surface area contributed by atoms with Crippen molar-refractivity contribution in [2.45, 2.75) is 32.3 Å². The normalized spacial score (nSPS) is 14.7. The number of anilines is 3. The quantitative estimate of drug-likeness (QED) is 0.271. The summed E-state index contributed by atoms with van der Waals surface area (Å²) in [4.78, 5) is 48.5. The number of benzene rings is 2. The molecule has 0 spiro atoms. The van der Waals surface area contributed by atoms with Gasteiger partial charge in [-0.1, -0.05) is 24.3 Å². The zero-order valence-corrected chi connectivity index (χ0v) is 23.8. The number of phenolic OH excluding ortho intramolecular Hbond substituents is 1. The van der Waals surface area contributed by atoms with E-state index in [4.69, 9.17) is 16.3 Å². The minimum Gasteiger partial charge on any atom is -0.507 e. The number of phenols is 1. The molecule has 40 heavy (non-hydrogen) atoms. The van der Waals surface area contributed by atoms with Gasteiger partial charge in [-0.05, 0) is 31.7 Å². The highest BCUT2D eigenvalue weighted by molar-refractivity contribution is 7.14. The molecule has 5 rings (SSSR count). The Hall–Kier alpha value is -4.16.